The second-order valence-electron chi connectivity index (χ2n) is 4.49. The summed E-state index contributed by atoms with van der Waals surface area (Å²) in [5.41, 5.74) is 7.39. The molecule has 100 valence electrons. The van der Waals surface area contributed by atoms with E-state index in [9.17, 15) is 4.79 Å². The number of nitrogens with two attached hydrogens (primary N) is 1. The van der Waals surface area contributed by atoms with Crippen molar-refractivity contribution in [3.63, 3.8) is 0 Å². The van der Waals surface area contributed by atoms with Gasteiger partial charge in [-0.25, -0.2) is 4.79 Å². The van der Waals surface area contributed by atoms with Gasteiger partial charge < -0.3 is 16.4 Å². The van der Waals surface area contributed by atoms with E-state index >= 15 is 0 Å². The zero-order valence-electron chi connectivity index (χ0n) is 11.1. The van der Waals surface area contributed by atoms with Crippen LogP contribution in [0.4, 0.5) is 16.2 Å². The maximum absolute atomic E-state index is 11.8. The number of benzene rings is 2. The molecule has 2 aromatic rings. The fourth-order valence-electron chi connectivity index (χ4n) is 2.02. The number of carbonyl (C=O) groups excluding carboxylic acids is 1. The Morgan fingerprint density at radius 1 is 1.21 bits per heavy atom. The SMILES string of the molecule is CCCCNC(=O)Nc1cccc2cccc(N)c12. The molecule has 0 fully saturated rings. The third-order valence-electron chi connectivity index (χ3n) is 3.00. The number of unbranched alkanes of at least 4 members (excludes halogenated alkanes) is 1. The van der Waals surface area contributed by atoms with Crippen molar-refractivity contribution in [2.75, 3.05) is 17.6 Å². The van der Waals surface area contributed by atoms with E-state index in [1.54, 1.807) is 0 Å². The summed E-state index contributed by atoms with van der Waals surface area (Å²) in [6.45, 7) is 2.77. The third kappa shape index (κ3) is 3.16. The van der Waals surface area contributed by atoms with E-state index in [1.807, 2.05) is 36.4 Å². The minimum Gasteiger partial charge on any atom is -0.398 e. The number of fused-ring (bicyclic) bond motifs is 1. The van der Waals surface area contributed by atoms with Crippen molar-refractivity contribution in [2.24, 2.45) is 0 Å². The molecule has 0 aliphatic rings. The van der Waals surface area contributed by atoms with Crippen LogP contribution >= 0.6 is 0 Å². The van der Waals surface area contributed by atoms with Crippen LogP contribution in [0.25, 0.3) is 10.8 Å². The lowest BCUT2D eigenvalue weighted by atomic mass is 10.1. The predicted octanol–water partition coefficient (Wildman–Crippen LogP) is 3.34. The third-order valence-corrected chi connectivity index (χ3v) is 3.00. The smallest absolute Gasteiger partial charge is 0.319 e. The van der Waals surface area contributed by atoms with E-state index in [1.165, 1.54) is 0 Å². The summed E-state index contributed by atoms with van der Waals surface area (Å²) < 4.78 is 0. The second-order valence-corrected chi connectivity index (χ2v) is 4.49. The van der Waals surface area contributed by atoms with Crippen molar-refractivity contribution >= 4 is 28.2 Å². The van der Waals surface area contributed by atoms with Crippen molar-refractivity contribution < 1.29 is 4.79 Å². The maximum Gasteiger partial charge on any atom is 0.319 e. The van der Waals surface area contributed by atoms with Crippen molar-refractivity contribution in [3.05, 3.63) is 36.4 Å². The van der Waals surface area contributed by atoms with Gasteiger partial charge in [-0.1, -0.05) is 37.6 Å². The van der Waals surface area contributed by atoms with Crippen LogP contribution in [0.1, 0.15) is 19.8 Å². The molecule has 0 radical (unpaired) electrons. The zero-order valence-corrected chi connectivity index (χ0v) is 11.1. The quantitative estimate of drug-likeness (QED) is 0.581. The van der Waals surface area contributed by atoms with Gasteiger partial charge in [0.05, 0.1) is 5.69 Å². The highest BCUT2D eigenvalue weighted by Gasteiger charge is 2.07. The molecule has 0 aromatic heterocycles. The highest BCUT2D eigenvalue weighted by Crippen LogP contribution is 2.28. The summed E-state index contributed by atoms with van der Waals surface area (Å²) in [5.74, 6) is 0. The van der Waals surface area contributed by atoms with E-state index in [0.717, 1.165) is 29.3 Å². The van der Waals surface area contributed by atoms with Gasteiger partial charge in [0.25, 0.3) is 0 Å². The van der Waals surface area contributed by atoms with Crippen LogP contribution < -0.4 is 16.4 Å². The average Bonchev–Trinajstić information content (AvgIpc) is 2.39. The van der Waals surface area contributed by atoms with Crippen LogP contribution in [0, 0.1) is 0 Å². The lowest BCUT2D eigenvalue weighted by Crippen LogP contribution is -2.29. The largest absolute Gasteiger partial charge is 0.398 e. The Balaban J connectivity index is 2.19. The molecule has 0 saturated heterocycles. The monoisotopic (exact) mass is 257 g/mol. The van der Waals surface area contributed by atoms with Gasteiger partial charge in [-0.3, -0.25) is 0 Å². The molecular formula is C15H19N3O. The molecule has 0 bridgehead atoms. The van der Waals surface area contributed by atoms with Crippen molar-refractivity contribution in [3.8, 4) is 0 Å². The van der Waals surface area contributed by atoms with Gasteiger partial charge in [0.1, 0.15) is 0 Å². The Bertz CT molecular complexity index is 575. The number of urea groups is 1. The van der Waals surface area contributed by atoms with Crippen LogP contribution in [0.15, 0.2) is 36.4 Å². The van der Waals surface area contributed by atoms with Gasteiger partial charge in [-0.15, -0.1) is 0 Å². The minimum atomic E-state index is -0.191. The van der Waals surface area contributed by atoms with Gasteiger partial charge in [-0.05, 0) is 23.9 Å². The Morgan fingerprint density at radius 3 is 2.68 bits per heavy atom. The van der Waals surface area contributed by atoms with E-state index in [0.29, 0.717) is 12.2 Å². The Kier molecular flexibility index (Phi) is 4.23. The molecule has 2 rings (SSSR count). The first-order chi connectivity index (χ1) is 9.22. The van der Waals surface area contributed by atoms with Crippen molar-refractivity contribution in [1.29, 1.82) is 0 Å². The van der Waals surface area contributed by atoms with Crippen molar-refractivity contribution in [1.82, 2.24) is 5.32 Å². The van der Waals surface area contributed by atoms with E-state index in [-0.39, 0.29) is 6.03 Å². The lowest BCUT2D eigenvalue weighted by molar-refractivity contribution is 0.252. The summed E-state index contributed by atoms with van der Waals surface area (Å²) in [4.78, 5) is 11.8. The number of rotatable bonds is 4. The summed E-state index contributed by atoms with van der Waals surface area (Å²) in [6.07, 6.45) is 2.03. The average molecular weight is 257 g/mol. The van der Waals surface area contributed by atoms with Crippen LogP contribution in [0.2, 0.25) is 0 Å². The summed E-state index contributed by atoms with van der Waals surface area (Å²) in [5, 5.41) is 7.58. The van der Waals surface area contributed by atoms with Crippen LogP contribution in [0.3, 0.4) is 0 Å². The fourth-order valence-corrected chi connectivity index (χ4v) is 2.02. The first-order valence-electron chi connectivity index (χ1n) is 6.54. The van der Waals surface area contributed by atoms with Crippen LogP contribution in [-0.2, 0) is 0 Å². The first kappa shape index (κ1) is 13.2. The summed E-state index contributed by atoms with van der Waals surface area (Å²) >= 11 is 0. The number of hydrogen-bond acceptors (Lipinski definition) is 2. The number of nitrogens with one attached hydrogen (secondary N) is 2. The maximum atomic E-state index is 11.8. The van der Waals surface area contributed by atoms with Gasteiger partial charge in [0.15, 0.2) is 0 Å². The molecule has 4 heteroatoms. The molecule has 19 heavy (non-hydrogen) atoms. The number of carbonyl (C=O) groups is 1. The Morgan fingerprint density at radius 2 is 1.95 bits per heavy atom. The van der Waals surface area contributed by atoms with E-state index in [4.69, 9.17) is 5.73 Å². The molecule has 2 amide bonds. The molecule has 0 saturated carbocycles. The Labute approximate surface area is 113 Å². The fraction of sp³-hybridized carbons (Fsp3) is 0.267. The van der Waals surface area contributed by atoms with Gasteiger partial charge in [0, 0.05) is 17.6 Å². The topological polar surface area (TPSA) is 67.2 Å². The molecule has 0 atom stereocenters. The molecule has 4 nitrogen and oxygen atoms in total. The second kappa shape index (κ2) is 6.09. The van der Waals surface area contributed by atoms with Crippen LogP contribution in [0.5, 0.6) is 0 Å². The summed E-state index contributed by atoms with van der Waals surface area (Å²) in [6, 6.07) is 11.3. The number of amides is 2. The van der Waals surface area contributed by atoms with Crippen LogP contribution in [-0.4, -0.2) is 12.6 Å². The molecule has 0 aliphatic carbocycles. The molecule has 0 spiro atoms. The molecule has 0 unspecified atom stereocenters. The zero-order chi connectivity index (χ0) is 13.7. The minimum absolute atomic E-state index is 0.191. The first-order valence-corrected chi connectivity index (χ1v) is 6.54. The number of hydrogen-bond donors (Lipinski definition) is 3. The molecule has 0 aliphatic heterocycles. The highest BCUT2D eigenvalue weighted by molar-refractivity contribution is 6.07. The number of anilines is 2. The van der Waals surface area contributed by atoms with Gasteiger partial charge in [-0.2, -0.15) is 0 Å². The highest BCUT2D eigenvalue weighted by atomic mass is 16.2. The molecule has 4 N–H and O–H groups in total. The molecule has 0 heterocycles. The number of nitrogen functional groups attached to an aromatic ring is 1. The lowest BCUT2D eigenvalue weighted by Gasteiger charge is -2.11. The van der Waals surface area contributed by atoms with E-state index < -0.39 is 0 Å². The normalized spacial score (nSPS) is 10.4. The molecular weight excluding hydrogens is 238 g/mol. The van der Waals surface area contributed by atoms with Gasteiger partial charge >= 0.3 is 6.03 Å². The summed E-state index contributed by atoms with van der Waals surface area (Å²) in [7, 11) is 0. The Hall–Kier alpha value is -2.23. The van der Waals surface area contributed by atoms with Gasteiger partial charge in [0.2, 0.25) is 0 Å². The molecule has 2 aromatic carbocycles. The standard InChI is InChI=1S/C15H19N3O/c1-2-3-10-17-15(19)18-13-9-5-7-11-6-4-8-12(16)14(11)13/h4-9H,2-3,10,16H2,1H3,(H2,17,18,19). The predicted molar refractivity (Wildman–Crippen MR) is 80.3 cm³/mol. The van der Waals surface area contributed by atoms with E-state index in [2.05, 4.69) is 17.6 Å². The van der Waals surface area contributed by atoms with Crippen molar-refractivity contribution in [2.45, 2.75) is 19.8 Å².